The van der Waals surface area contributed by atoms with Crippen molar-refractivity contribution < 1.29 is 0 Å². The average Bonchev–Trinajstić information content (AvgIpc) is 2.27. The van der Waals surface area contributed by atoms with Gasteiger partial charge in [0.05, 0.1) is 0 Å². The van der Waals surface area contributed by atoms with E-state index in [4.69, 9.17) is 0 Å². The Morgan fingerprint density at radius 3 is 1.11 bits per heavy atom. The molecule has 18 heavy (non-hydrogen) atoms. The van der Waals surface area contributed by atoms with Crippen LogP contribution in [0.3, 0.4) is 0 Å². The molecule has 0 bridgehead atoms. The zero-order chi connectivity index (χ0) is 12.6. The number of hydrogen-bond donors (Lipinski definition) is 0. The van der Waals surface area contributed by atoms with E-state index in [2.05, 4.69) is 16.7 Å². The molecule has 0 spiro atoms. The first-order valence-corrected chi connectivity index (χ1v) is 8.21. The van der Waals surface area contributed by atoms with Gasteiger partial charge in [-0.1, -0.05) is 38.5 Å². The molecule has 2 fully saturated rings. The number of nitrogens with zero attached hydrogens (tertiary/aromatic N) is 2. The van der Waals surface area contributed by atoms with Crippen molar-refractivity contribution in [2.24, 2.45) is 0 Å². The quantitative estimate of drug-likeness (QED) is 0.731. The van der Waals surface area contributed by atoms with Crippen LogP contribution in [0, 0.1) is 6.17 Å². The highest BCUT2D eigenvalue weighted by atomic mass is 15.3. The standard InChI is InChI=1S/C16H31N2/c1-16(17-12-8-4-2-5-9-13-17)18-14-10-6-3-7-11-15-18/h2-15H2,1H3. The lowest BCUT2D eigenvalue weighted by molar-refractivity contribution is 0.125. The first-order valence-electron chi connectivity index (χ1n) is 8.21. The molecule has 105 valence electrons. The Kier molecular flexibility index (Phi) is 6.50. The molecular weight excluding hydrogens is 220 g/mol. The van der Waals surface area contributed by atoms with Crippen LogP contribution >= 0.6 is 0 Å². The van der Waals surface area contributed by atoms with E-state index in [1.54, 1.807) is 6.17 Å². The molecule has 0 atom stereocenters. The fraction of sp³-hybridized carbons (Fsp3) is 0.938. The Morgan fingerprint density at radius 2 is 0.778 bits per heavy atom. The molecule has 0 aromatic carbocycles. The predicted molar refractivity (Wildman–Crippen MR) is 78.2 cm³/mol. The van der Waals surface area contributed by atoms with Crippen LogP contribution < -0.4 is 0 Å². The highest BCUT2D eigenvalue weighted by Gasteiger charge is 2.22. The van der Waals surface area contributed by atoms with Crippen molar-refractivity contribution in [2.75, 3.05) is 26.2 Å². The van der Waals surface area contributed by atoms with Crippen molar-refractivity contribution in [2.45, 2.75) is 71.1 Å². The second kappa shape index (κ2) is 8.16. The van der Waals surface area contributed by atoms with Crippen LogP contribution in [-0.4, -0.2) is 36.0 Å². The van der Waals surface area contributed by atoms with E-state index in [9.17, 15) is 0 Å². The van der Waals surface area contributed by atoms with Crippen molar-refractivity contribution in [3.63, 3.8) is 0 Å². The van der Waals surface area contributed by atoms with E-state index in [0.29, 0.717) is 0 Å². The second-order valence-electron chi connectivity index (χ2n) is 6.06. The molecule has 2 heterocycles. The van der Waals surface area contributed by atoms with Gasteiger partial charge in [-0.05, 0) is 58.8 Å². The third kappa shape index (κ3) is 4.55. The van der Waals surface area contributed by atoms with Crippen molar-refractivity contribution in [1.29, 1.82) is 0 Å². The van der Waals surface area contributed by atoms with E-state index in [1.807, 2.05) is 0 Å². The zero-order valence-electron chi connectivity index (χ0n) is 12.3. The van der Waals surface area contributed by atoms with Crippen LogP contribution in [-0.2, 0) is 0 Å². The number of hydrogen-bond acceptors (Lipinski definition) is 2. The van der Waals surface area contributed by atoms with Crippen molar-refractivity contribution in [1.82, 2.24) is 9.80 Å². The second-order valence-corrected chi connectivity index (χ2v) is 6.06. The van der Waals surface area contributed by atoms with Gasteiger partial charge >= 0.3 is 0 Å². The topological polar surface area (TPSA) is 6.48 Å². The van der Waals surface area contributed by atoms with Crippen LogP contribution in [0.15, 0.2) is 0 Å². The number of likely N-dealkylation sites (tertiary alicyclic amines) is 2. The molecule has 0 unspecified atom stereocenters. The maximum absolute atomic E-state index is 2.67. The molecule has 0 aromatic heterocycles. The first kappa shape index (κ1) is 14.3. The molecule has 2 rings (SSSR count). The summed E-state index contributed by atoms with van der Waals surface area (Å²) in [5.41, 5.74) is 0. The van der Waals surface area contributed by atoms with E-state index in [-0.39, 0.29) is 0 Å². The van der Waals surface area contributed by atoms with Crippen LogP contribution in [0.4, 0.5) is 0 Å². The Bertz CT molecular complexity index is 179. The minimum atomic E-state index is 1.29. The molecule has 2 nitrogen and oxygen atoms in total. The Labute approximate surface area is 114 Å². The summed E-state index contributed by atoms with van der Waals surface area (Å²) in [5, 5.41) is 0. The highest BCUT2D eigenvalue weighted by Crippen LogP contribution is 2.22. The van der Waals surface area contributed by atoms with Gasteiger partial charge in [-0.2, -0.15) is 0 Å². The monoisotopic (exact) mass is 251 g/mol. The fourth-order valence-electron chi connectivity index (χ4n) is 3.34. The molecule has 2 aliphatic rings. The average molecular weight is 251 g/mol. The SMILES string of the molecule is C[C](N1CCCCCCC1)N1CCCCCCC1. The lowest BCUT2D eigenvalue weighted by atomic mass is 10.1. The lowest BCUT2D eigenvalue weighted by Crippen LogP contribution is -2.42. The van der Waals surface area contributed by atoms with Crippen molar-refractivity contribution >= 4 is 0 Å². The molecule has 2 saturated heterocycles. The fourth-order valence-corrected chi connectivity index (χ4v) is 3.34. The van der Waals surface area contributed by atoms with E-state index < -0.39 is 0 Å². The van der Waals surface area contributed by atoms with E-state index in [1.165, 1.54) is 90.4 Å². The summed E-state index contributed by atoms with van der Waals surface area (Å²) in [7, 11) is 0. The van der Waals surface area contributed by atoms with Gasteiger partial charge < -0.3 is 0 Å². The Balaban J connectivity index is 1.83. The van der Waals surface area contributed by atoms with Crippen LogP contribution in [0.25, 0.3) is 0 Å². The normalized spacial score (nSPS) is 26.3. The van der Waals surface area contributed by atoms with Gasteiger partial charge in [0.1, 0.15) is 6.17 Å². The van der Waals surface area contributed by atoms with Gasteiger partial charge in [-0.15, -0.1) is 0 Å². The molecule has 2 aliphatic heterocycles. The Morgan fingerprint density at radius 1 is 0.500 bits per heavy atom. The van der Waals surface area contributed by atoms with Gasteiger partial charge in [0.25, 0.3) is 0 Å². The van der Waals surface area contributed by atoms with Crippen LogP contribution in [0.5, 0.6) is 0 Å². The summed E-state index contributed by atoms with van der Waals surface area (Å²) in [6.45, 7) is 7.54. The number of rotatable bonds is 2. The summed E-state index contributed by atoms with van der Waals surface area (Å²) in [5.74, 6) is 0. The largest absolute Gasteiger partial charge is 0.283 e. The first-order chi connectivity index (χ1) is 8.88. The third-order valence-electron chi connectivity index (χ3n) is 4.63. The van der Waals surface area contributed by atoms with Crippen LogP contribution in [0.1, 0.15) is 71.1 Å². The van der Waals surface area contributed by atoms with Gasteiger partial charge in [0.2, 0.25) is 0 Å². The summed E-state index contributed by atoms with van der Waals surface area (Å²) in [6.07, 6.45) is 15.8. The van der Waals surface area contributed by atoms with Gasteiger partial charge in [0.15, 0.2) is 0 Å². The van der Waals surface area contributed by atoms with Crippen molar-refractivity contribution in [3.05, 3.63) is 6.17 Å². The molecule has 0 aromatic rings. The Hall–Kier alpha value is -0.0800. The maximum Gasteiger partial charge on any atom is 0.103 e. The van der Waals surface area contributed by atoms with Crippen molar-refractivity contribution in [3.8, 4) is 0 Å². The zero-order valence-corrected chi connectivity index (χ0v) is 12.3. The molecule has 2 heteroatoms. The molecule has 1 radical (unpaired) electrons. The minimum Gasteiger partial charge on any atom is -0.283 e. The third-order valence-corrected chi connectivity index (χ3v) is 4.63. The maximum atomic E-state index is 2.67. The molecule has 0 aliphatic carbocycles. The molecular formula is C16H31N2. The van der Waals surface area contributed by atoms with Gasteiger partial charge in [-0.25, -0.2) is 0 Å². The smallest absolute Gasteiger partial charge is 0.103 e. The molecule has 0 N–H and O–H groups in total. The van der Waals surface area contributed by atoms with Crippen LogP contribution in [0.2, 0.25) is 0 Å². The summed E-state index contributed by atoms with van der Waals surface area (Å²) >= 11 is 0. The highest BCUT2D eigenvalue weighted by molar-refractivity contribution is 4.86. The summed E-state index contributed by atoms with van der Waals surface area (Å²) < 4.78 is 0. The summed E-state index contributed by atoms with van der Waals surface area (Å²) in [4.78, 5) is 5.33. The minimum absolute atomic E-state index is 1.29. The van der Waals surface area contributed by atoms with E-state index in [0.717, 1.165) is 0 Å². The summed E-state index contributed by atoms with van der Waals surface area (Å²) in [6, 6.07) is 0. The predicted octanol–water partition coefficient (Wildman–Crippen LogP) is 4.03. The van der Waals surface area contributed by atoms with Gasteiger partial charge in [-0.3, -0.25) is 9.80 Å². The lowest BCUT2D eigenvalue weighted by Gasteiger charge is -2.38. The van der Waals surface area contributed by atoms with E-state index >= 15 is 0 Å². The molecule has 0 amide bonds. The van der Waals surface area contributed by atoms with Gasteiger partial charge in [0, 0.05) is 0 Å². The molecule has 0 saturated carbocycles.